The Morgan fingerprint density at radius 3 is 2.38 bits per heavy atom. The molecule has 0 aliphatic heterocycles. The van der Waals surface area contributed by atoms with Crippen LogP contribution in [0.5, 0.6) is 0 Å². The van der Waals surface area contributed by atoms with E-state index in [1.165, 1.54) is 6.07 Å². The second kappa shape index (κ2) is 7.49. The number of rotatable bonds is 4. The first-order valence-electron chi connectivity index (χ1n) is 7.91. The Kier molecular flexibility index (Phi) is 5.14. The van der Waals surface area contributed by atoms with Crippen LogP contribution >= 0.6 is 0 Å². The number of para-hydroxylation sites is 2. The van der Waals surface area contributed by atoms with Crippen LogP contribution in [0.4, 0.5) is 5.69 Å². The lowest BCUT2D eigenvalue weighted by molar-refractivity contribution is -0.688. The fraction of sp³-hybridized carbons (Fsp3) is 0.0500. The molecule has 0 radical (unpaired) electrons. The van der Waals surface area contributed by atoms with Gasteiger partial charge in [-0.15, -0.1) is 0 Å². The highest BCUT2D eigenvalue weighted by Crippen LogP contribution is 2.27. The highest BCUT2D eigenvalue weighted by molar-refractivity contribution is 5.82. The maximum absolute atomic E-state index is 11.1. The van der Waals surface area contributed by atoms with Gasteiger partial charge >= 0.3 is 0 Å². The molecule has 4 rings (SSSR count). The number of aromatic nitrogens is 1. The molecule has 0 N–H and O–H groups in total. The van der Waals surface area contributed by atoms with Gasteiger partial charge in [0.05, 0.1) is 10.5 Å². The van der Waals surface area contributed by atoms with Crippen molar-refractivity contribution in [3.8, 4) is 11.3 Å². The summed E-state index contributed by atoms with van der Waals surface area (Å²) in [5, 5.41) is 12.2. The van der Waals surface area contributed by atoms with Crippen molar-refractivity contribution in [1.82, 2.24) is 0 Å². The Morgan fingerprint density at radius 1 is 0.962 bits per heavy atom. The predicted molar refractivity (Wildman–Crippen MR) is 94.0 cm³/mol. The van der Waals surface area contributed by atoms with Crippen molar-refractivity contribution in [2.75, 3.05) is 0 Å². The fourth-order valence-electron chi connectivity index (χ4n) is 2.87. The van der Waals surface area contributed by atoms with Gasteiger partial charge in [0.2, 0.25) is 0 Å². The van der Waals surface area contributed by atoms with Crippen LogP contribution in [0.15, 0.2) is 83.5 Å². The third kappa shape index (κ3) is 3.50. The SMILES string of the molecule is O=[N+]([O-])c1ccccc1C[n+]1ccc(-c2cc3ccccc3o2)cc1.[Br-]. The number of pyridine rings is 1. The van der Waals surface area contributed by atoms with Gasteiger partial charge in [-0.2, -0.15) is 0 Å². The summed E-state index contributed by atoms with van der Waals surface area (Å²) in [6, 6.07) is 20.6. The summed E-state index contributed by atoms with van der Waals surface area (Å²) in [5.41, 5.74) is 2.63. The Bertz CT molecular complexity index is 1030. The third-order valence-corrected chi connectivity index (χ3v) is 4.14. The second-order valence-electron chi connectivity index (χ2n) is 5.79. The largest absolute Gasteiger partial charge is 1.00 e. The summed E-state index contributed by atoms with van der Waals surface area (Å²) in [6.45, 7) is 0.442. The van der Waals surface area contributed by atoms with Crippen LogP contribution in [0, 0.1) is 10.1 Å². The van der Waals surface area contributed by atoms with Crippen LogP contribution in [0.25, 0.3) is 22.3 Å². The Labute approximate surface area is 160 Å². The summed E-state index contributed by atoms with van der Waals surface area (Å²) in [5.74, 6) is 0.805. The van der Waals surface area contributed by atoms with E-state index in [-0.39, 0.29) is 27.6 Å². The Morgan fingerprint density at radius 2 is 1.65 bits per heavy atom. The molecule has 130 valence electrons. The zero-order valence-corrected chi connectivity index (χ0v) is 15.3. The molecular weight excluding hydrogens is 396 g/mol. The number of furan rings is 1. The van der Waals surface area contributed by atoms with Gasteiger partial charge in [0, 0.05) is 29.1 Å². The van der Waals surface area contributed by atoms with Crippen LogP contribution < -0.4 is 21.5 Å². The first-order valence-corrected chi connectivity index (χ1v) is 7.91. The zero-order chi connectivity index (χ0) is 17.2. The Hall–Kier alpha value is -2.99. The Balaban J connectivity index is 0.00000196. The van der Waals surface area contributed by atoms with Crippen molar-refractivity contribution in [1.29, 1.82) is 0 Å². The van der Waals surface area contributed by atoms with Gasteiger partial charge in [-0.1, -0.05) is 30.3 Å². The lowest BCUT2D eigenvalue weighted by atomic mass is 10.1. The number of nitrogens with zero attached hydrogens (tertiary/aromatic N) is 2. The molecule has 26 heavy (non-hydrogen) atoms. The van der Waals surface area contributed by atoms with Gasteiger partial charge in [0.15, 0.2) is 18.9 Å². The number of halogens is 1. The standard InChI is InChI=1S/C20H15N2O3.BrH/c23-22(24)18-7-3-1-6-17(18)14-21-11-9-15(10-12-21)20-13-16-5-2-4-8-19(16)25-20;/h1-13H,14H2;1H/q+1;/p-1. The molecular formula is C20H15BrN2O3. The second-order valence-corrected chi connectivity index (χ2v) is 5.79. The van der Waals surface area contributed by atoms with E-state index >= 15 is 0 Å². The zero-order valence-electron chi connectivity index (χ0n) is 13.7. The minimum absolute atomic E-state index is 0. The normalized spacial score (nSPS) is 10.5. The average molecular weight is 411 g/mol. The molecule has 0 fully saturated rings. The van der Waals surface area contributed by atoms with Crippen LogP contribution in [0.3, 0.4) is 0 Å². The third-order valence-electron chi connectivity index (χ3n) is 4.14. The van der Waals surface area contributed by atoms with Crippen molar-refractivity contribution in [2.45, 2.75) is 6.54 Å². The molecule has 4 aromatic rings. The van der Waals surface area contributed by atoms with Crippen molar-refractivity contribution in [3.63, 3.8) is 0 Å². The molecule has 2 heterocycles. The lowest BCUT2D eigenvalue weighted by Crippen LogP contribution is -3.00. The molecule has 0 saturated heterocycles. The molecule has 0 amide bonds. The van der Waals surface area contributed by atoms with E-state index in [2.05, 4.69) is 0 Å². The summed E-state index contributed by atoms with van der Waals surface area (Å²) in [4.78, 5) is 10.8. The molecule has 2 aromatic carbocycles. The quantitative estimate of drug-likeness (QED) is 0.290. The van der Waals surface area contributed by atoms with Crippen LogP contribution in [0.1, 0.15) is 5.56 Å². The fourth-order valence-corrected chi connectivity index (χ4v) is 2.87. The smallest absolute Gasteiger partial charge is 0.278 e. The van der Waals surface area contributed by atoms with Crippen LogP contribution in [-0.4, -0.2) is 4.92 Å². The van der Waals surface area contributed by atoms with Gasteiger partial charge < -0.3 is 21.4 Å². The molecule has 2 aromatic heterocycles. The maximum atomic E-state index is 11.1. The molecule has 0 saturated carbocycles. The minimum Gasteiger partial charge on any atom is -1.00 e. The molecule has 0 aliphatic rings. The van der Waals surface area contributed by atoms with Gasteiger partial charge in [-0.25, -0.2) is 4.57 Å². The number of fused-ring (bicyclic) bond motifs is 1. The molecule has 0 unspecified atom stereocenters. The van der Waals surface area contributed by atoms with E-state index in [4.69, 9.17) is 4.42 Å². The topological polar surface area (TPSA) is 60.2 Å². The van der Waals surface area contributed by atoms with Gasteiger partial charge in [0.25, 0.3) is 5.69 Å². The van der Waals surface area contributed by atoms with E-state index in [9.17, 15) is 10.1 Å². The lowest BCUT2D eigenvalue weighted by Gasteiger charge is -2.00. The summed E-state index contributed by atoms with van der Waals surface area (Å²) in [6.07, 6.45) is 3.80. The van der Waals surface area contributed by atoms with Crippen LogP contribution in [0.2, 0.25) is 0 Å². The minimum atomic E-state index is -0.349. The number of nitro groups is 1. The van der Waals surface area contributed by atoms with Crippen molar-refractivity contribution in [3.05, 3.63) is 94.8 Å². The van der Waals surface area contributed by atoms with E-state index < -0.39 is 0 Å². The molecule has 6 heteroatoms. The summed E-state index contributed by atoms with van der Waals surface area (Å²) < 4.78 is 7.78. The monoisotopic (exact) mass is 410 g/mol. The van der Waals surface area contributed by atoms with E-state index in [1.54, 1.807) is 12.1 Å². The molecule has 5 nitrogen and oxygen atoms in total. The molecule has 0 spiro atoms. The summed E-state index contributed by atoms with van der Waals surface area (Å²) in [7, 11) is 0. The van der Waals surface area contributed by atoms with E-state index in [0.717, 1.165) is 22.3 Å². The van der Waals surface area contributed by atoms with Crippen molar-refractivity contribution in [2.24, 2.45) is 0 Å². The number of hydrogen-bond donors (Lipinski definition) is 0. The van der Waals surface area contributed by atoms with E-state index in [1.807, 2.05) is 65.5 Å². The van der Waals surface area contributed by atoms with Crippen LogP contribution in [-0.2, 0) is 6.54 Å². The number of hydrogen-bond acceptors (Lipinski definition) is 3. The highest BCUT2D eigenvalue weighted by Gasteiger charge is 2.16. The maximum Gasteiger partial charge on any atom is 0.278 e. The first kappa shape index (κ1) is 17.8. The molecule has 0 aliphatic carbocycles. The predicted octanol–water partition coefficient (Wildman–Crippen LogP) is 1.35. The van der Waals surface area contributed by atoms with Gasteiger partial charge in [-0.3, -0.25) is 10.1 Å². The van der Waals surface area contributed by atoms with Gasteiger partial charge in [-0.05, 0) is 18.2 Å². The first-order chi connectivity index (χ1) is 12.2. The summed E-state index contributed by atoms with van der Waals surface area (Å²) >= 11 is 0. The van der Waals surface area contributed by atoms with Crippen molar-refractivity contribution >= 4 is 16.7 Å². The highest BCUT2D eigenvalue weighted by atomic mass is 79.9. The van der Waals surface area contributed by atoms with Gasteiger partial charge in [0.1, 0.15) is 11.3 Å². The van der Waals surface area contributed by atoms with E-state index in [0.29, 0.717) is 12.1 Å². The van der Waals surface area contributed by atoms with Crippen molar-refractivity contribution < 1.29 is 30.9 Å². The molecule has 0 bridgehead atoms. The molecule has 0 atom stereocenters. The average Bonchev–Trinajstić information content (AvgIpc) is 3.07. The number of benzene rings is 2. The number of nitro benzene ring substituents is 1.